The number of nitrogens with one attached hydrogen (secondary N) is 1. The average Bonchev–Trinajstić information content (AvgIpc) is 2.74. The molecule has 0 fully saturated rings. The van der Waals surface area contributed by atoms with E-state index in [1.807, 2.05) is 0 Å². The van der Waals surface area contributed by atoms with Gasteiger partial charge in [0, 0.05) is 0 Å². The minimum Gasteiger partial charge on any atom is -0.279 e. The standard InChI is InChI=1S/C10H8BrFN2O4S3/c11-9-1-2-10(19-9)21(17,18)14-7-3-6(12)4-8(5-7)20(13,15)16/h1-5,14H,(H2,13,15,16). The van der Waals surface area contributed by atoms with Crippen molar-refractivity contribution in [3.63, 3.8) is 0 Å². The molecule has 0 amide bonds. The van der Waals surface area contributed by atoms with Crippen molar-refractivity contribution in [1.82, 2.24) is 0 Å². The summed E-state index contributed by atoms with van der Waals surface area (Å²) < 4.78 is 62.6. The lowest BCUT2D eigenvalue weighted by Gasteiger charge is -2.08. The molecular formula is C10H8BrFN2O4S3. The van der Waals surface area contributed by atoms with Crippen LogP contribution in [0.3, 0.4) is 0 Å². The quantitative estimate of drug-likeness (QED) is 0.798. The second-order valence-corrected chi connectivity index (χ2v) is 9.82. The maximum Gasteiger partial charge on any atom is 0.271 e. The van der Waals surface area contributed by atoms with Gasteiger partial charge in [0.05, 0.1) is 14.4 Å². The van der Waals surface area contributed by atoms with Crippen LogP contribution in [0.15, 0.2) is 43.2 Å². The molecule has 0 unspecified atom stereocenters. The Balaban J connectivity index is 2.42. The van der Waals surface area contributed by atoms with Gasteiger partial charge in [0.15, 0.2) is 0 Å². The molecule has 2 rings (SSSR count). The molecule has 0 aliphatic heterocycles. The molecule has 0 saturated carbocycles. The van der Waals surface area contributed by atoms with E-state index < -0.39 is 30.8 Å². The predicted molar refractivity (Wildman–Crippen MR) is 80.6 cm³/mol. The van der Waals surface area contributed by atoms with E-state index in [1.165, 1.54) is 6.07 Å². The van der Waals surface area contributed by atoms with Gasteiger partial charge < -0.3 is 0 Å². The fourth-order valence-electron chi connectivity index (χ4n) is 1.43. The number of halogens is 2. The summed E-state index contributed by atoms with van der Waals surface area (Å²) in [6, 6.07) is 5.40. The Labute approximate surface area is 133 Å². The van der Waals surface area contributed by atoms with Crippen LogP contribution in [0.5, 0.6) is 0 Å². The summed E-state index contributed by atoms with van der Waals surface area (Å²) >= 11 is 4.09. The van der Waals surface area contributed by atoms with Gasteiger partial charge in [-0.1, -0.05) is 0 Å². The Kier molecular flexibility index (Phi) is 4.40. The molecule has 11 heteroatoms. The fourth-order valence-corrected chi connectivity index (χ4v) is 5.05. The van der Waals surface area contributed by atoms with Gasteiger partial charge in [0.1, 0.15) is 10.0 Å². The molecule has 0 spiro atoms. The molecule has 114 valence electrons. The lowest BCUT2D eigenvalue weighted by molar-refractivity contribution is 0.591. The first-order valence-electron chi connectivity index (χ1n) is 5.19. The first-order chi connectivity index (χ1) is 9.58. The number of thiophene rings is 1. The molecule has 3 N–H and O–H groups in total. The number of hydrogen-bond donors (Lipinski definition) is 2. The summed E-state index contributed by atoms with van der Waals surface area (Å²) in [4.78, 5) is -0.521. The Morgan fingerprint density at radius 3 is 2.33 bits per heavy atom. The highest BCUT2D eigenvalue weighted by Crippen LogP contribution is 2.28. The Hall–Kier alpha value is -1.01. The maximum absolute atomic E-state index is 13.4. The zero-order valence-corrected chi connectivity index (χ0v) is 14.1. The molecule has 21 heavy (non-hydrogen) atoms. The van der Waals surface area contributed by atoms with E-state index in [0.717, 1.165) is 23.5 Å². The molecule has 2 aromatic rings. The van der Waals surface area contributed by atoms with Gasteiger partial charge in [0.2, 0.25) is 10.0 Å². The largest absolute Gasteiger partial charge is 0.279 e. The minimum atomic E-state index is -4.14. The highest BCUT2D eigenvalue weighted by molar-refractivity contribution is 9.11. The van der Waals surface area contributed by atoms with Gasteiger partial charge >= 0.3 is 0 Å². The molecule has 1 aromatic carbocycles. The van der Waals surface area contributed by atoms with Crippen LogP contribution in [0.1, 0.15) is 0 Å². The minimum absolute atomic E-state index is 0.00390. The highest BCUT2D eigenvalue weighted by atomic mass is 79.9. The number of anilines is 1. The molecule has 0 saturated heterocycles. The zero-order chi connectivity index (χ0) is 15.8. The van der Waals surface area contributed by atoms with Crippen LogP contribution < -0.4 is 9.86 Å². The van der Waals surface area contributed by atoms with Crippen LogP contribution >= 0.6 is 27.3 Å². The molecule has 1 heterocycles. The monoisotopic (exact) mass is 414 g/mol. The summed E-state index contributed by atoms with van der Waals surface area (Å²) in [6.45, 7) is 0. The second kappa shape index (κ2) is 5.65. The van der Waals surface area contributed by atoms with Gasteiger partial charge in [-0.05, 0) is 46.3 Å². The summed E-state index contributed by atoms with van der Waals surface area (Å²) in [5.74, 6) is -0.924. The Bertz CT molecular complexity index is 893. The van der Waals surface area contributed by atoms with Crippen LogP contribution in [0.4, 0.5) is 10.1 Å². The third-order valence-electron chi connectivity index (χ3n) is 2.27. The van der Waals surface area contributed by atoms with E-state index in [2.05, 4.69) is 20.7 Å². The average molecular weight is 415 g/mol. The number of hydrogen-bond acceptors (Lipinski definition) is 5. The third-order valence-corrected chi connectivity index (χ3v) is 6.65. The van der Waals surface area contributed by atoms with Crippen molar-refractivity contribution in [1.29, 1.82) is 0 Å². The van der Waals surface area contributed by atoms with E-state index >= 15 is 0 Å². The summed E-state index contributed by atoms with van der Waals surface area (Å²) in [5.41, 5.74) is -0.233. The van der Waals surface area contributed by atoms with Gasteiger partial charge in [-0.15, -0.1) is 11.3 Å². The van der Waals surface area contributed by atoms with E-state index in [-0.39, 0.29) is 9.90 Å². The van der Waals surface area contributed by atoms with Crippen molar-refractivity contribution >= 4 is 53.0 Å². The van der Waals surface area contributed by atoms with Crippen molar-refractivity contribution in [3.05, 3.63) is 39.9 Å². The normalized spacial score (nSPS) is 12.3. The third kappa shape index (κ3) is 4.01. The molecule has 0 radical (unpaired) electrons. The van der Waals surface area contributed by atoms with E-state index in [0.29, 0.717) is 9.85 Å². The first-order valence-corrected chi connectivity index (χ1v) is 9.83. The van der Waals surface area contributed by atoms with Crippen molar-refractivity contribution in [3.8, 4) is 0 Å². The van der Waals surface area contributed by atoms with Crippen LogP contribution in [0.25, 0.3) is 0 Å². The molecule has 0 atom stereocenters. The Morgan fingerprint density at radius 2 is 1.81 bits per heavy atom. The zero-order valence-electron chi connectivity index (χ0n) is 10.1. The summed E-state index contributed by atoms with van der Waals surface area (Å²) in [6.07, 6.45) is 0. The molecule has 6 nitrogen and oxygen atoms in total. The van der Waals surface area contributed by atoms with Crippen LogP contribution in [-0.4, -0.2) is 16.8 Å². The first kappa shape index (κ1) is 16.4. The maximum atomic E-state index is 13.4. The number of primary sulfonamides is 1. The predicted octanol–water partition coefficient (Wildman–Crippen LogP) is 2.10. The smallest absolute Gasteiger partial charge is 0.271 e. The highest BCUT2D eigenvalue weighted by Gasteiger charge is 2.19. The molecular weight excluding hydrogens is 407 g/mol. The van der Waals surface area contributed by atoms with Crippen molar-refractivity contribution in [2.24, 2.45) is 5.14 Å². The van der Waals surface area contributed by atoms with E-state index in [1.54, 1.807) is 6.07 Å². The topological polar surface area (TPSA) is 106 Å². The Morgan fingerprint density at radius 1 is 1.14 bits per heavy atom. The molecule has 1 aromatic heterocycles. The van der Waals surface area contributed by atoms with Gasteiger partial charge in [-0.2, -0.15) is 0 Å². The summed E-state index contributed by atoms with van der Waals surface area (Å²) in [5, 5.41) is 4.90. The lowest BCUT2D eigenvalue weighted by atomic mass is 10.3. The number of rotatable bonds is 4. The second-order valence-electron chi connectivity index (χ2n) is 3.88. The SMILES string of the molecule is NS(=O)(=O)c1cc(F)cc(NS(=O)(=O)c2ccc(Br)s2)c1. The number of benzene rings is 1. The van der Waals surface area contributed by atoms with Crippen molar-refractivity contribution in [2.75, 3.05) is 4.72 Å². The molecule has 0 aliphatic carbocycles. The lowest BCUT2D eigenvalue weighted by Crippen LogP contribution is -2.15. The van der Waals surface area contributed by atoms with Gasteiger partial charge in [0.25, 0.3) is 10.0 Å². The fraction of sp³-hybridized carbons (Fsp3) is 0. The van der Waals surface area contributed by atoms with Crippen LogP contribution in [0.2, 0.25) is 0 Å². The number of nitrogens with two attached hydrogens (primary N) is 1. The van der Waals surface area contributed by atoms with Gasteiger partial charge in [-0.3, -0.25) is 4.72 Å². The van der Waals surface area contributed by atoms with Gasteiger partial charge in [-0.25, -0.2) is 26.4 Å². The summed E-state index contributed by atoms with van der Waals surface area (Å²) in [7, 11) is -8.08. The van der Waals surface area contributed by atoms with E-state index in [4.69, 9.17) is 5.14 Å². The molecule has 0 bridgehead atoms. The van der Waals surface area contributed by atoms with E-state index in [9.17, 15) is 21.2 Å². The number of sulfonamides is 2. The van der Waals surface area contributed by atoms with Crippen molar-refractivity contribution < 1.29 is 21.2 Å². The van der Waals surface area contributed by atoms with Crippen LogP contribution in [0, 0.1) is 5.82 Å². The van der Waals surface area contributed by atoms with Crippen LogP contribution in [-0.2, 0) is 20.0 Å². The van der Waals surface area contributed by atoms with Crippen molar-refractivity contribution in [2.45, 2.75) is 9.10 Å². The molecule has 0 aliphatic rings.